The standard InChI is InChI=1S/C15H18N2O/c18-15(12-6-10-5-11(10)7-12)17-13-1-2-14-9(8-13)3-4-16-14/h1-2,8,10-12,16H,3-7H2,(H,17,18). The molecule has 2 unspecified atom stereocenters. The lowest BCUT2D eigenvalue weighted by Crippen LogP contribution is -2.21. The van der Waals surface area contributed by atoms with Crippen LogP contribution in [0.25, 0.3) is 0 Å². The van der Waals surface area contributed by atoms with E-state index in [4.69, 9.17) is 0 Å². The quantitative estimate of drug-likeness (QED) is 0.837. The molecule has 0 aromatic heterocycles. The third kappa shape index (κ3) is 1.69. The van der Waals surface area contributed by atoms with E-state index in [1.807, 2.05) is 6.07 Å². The van der Waals surface area contributed by atoms with Gasteiger partial charge in [0.25, 0.3) is 0 Å². The van der Waals surface area contributed by atoms with Gasteiger partial charge >= 0.3 is 0 Å². The van der Waals surface area contributed by atoms with E-state index in [2.05, 4.69) is 22.8 Å². The Bertz CT molecular complexity index is 501. The smallest absolute Gasteiger partial charge is 0.227 e. The van der Waals surface area contributed by atoms with Crippen LogP contribution in [-0.4, -0.2) is 12.5 Å². The maximum atomic E-state index is 12.2. The molecule has 3 aliphatic rings. The summed E-state index contributed by atoms with van der Waals surface area (Å²) in [4.78, 5) is 12.2. The number of rotatable bonds is 2. The van der Waals surface area contributed by atoms with Crippen molar-refractivity contribution in [1.29, 1.82) is 0 Å². The molecule has 2 saturated carbocycles. The first-order chi connectivity index (χ1) is 8.79. The van der Waals surface area contributed by atoms with Gasteiger partial charge in [-0.25, -0.2) is 0 Å². The normalized spacial score (nSPS) is 31.4. The topological polar surface area (TPSA) is 41.1 Å². The van der Waals surface area contributed by atoms with Crippen molar-refractivity contribution < 1.29 is 4.79 Å². The molecular formula is C15H18N2O. The molecule has 0 saturated heterocycles. The van der Waals surface area contributed by atoms with E-state index in [0.717, 1.165) is 43.3 Å². The number of hydrogen-bond acceptors (Lipinski definition) is 2. The molecule has 1 aliphatic heterocycles. The molecule has 4 rings (SSSR count). The summed E-state index contributed by atoms with van der Waals surface area (Å²) in [6.07, 6.45) is 4.66. The van der Waals surface area contributed by atoms with Crippen LogP contribution in [0.5, 0.6) is 0 Å². The molecule has 3 nitrogen and oxygen atoms in total. The van der Waals surface area contributed by atoms with Crippen molar-refractivity contribution >= 4 is 17.3 Å². The van der Waals surface area contributed by atoms with Gasteiger partial charge in [-0.05, 0) is 61.3 Å². The van der Waals surface area contributed by atoms with E-state index in [1.165, 1.54) is 17.7 Å². The summed E-state index contributed by atoms with van der Waals surface area (Å²) in [6.45, 7) is 1.01. The Morgan fingerprint density at radius 2 is 2.06 bits per heavy atom. The molecule has 18 heavy (non-hydrogen) atoms. The molecular weight excluding hydrogens is 224 g/mol. The third-order valence-corrected chi connectivity index (χ3v) is 4.70. The zero-order chi connectivity index (χ0) is 12.1. The first-order valence-corrected chi connectivity index (χ1v) is 6.97. The zero-order valence-corrected chi connectivity index (χ0v) is 10.4. The average Bonchev–Trinajstić information content (AvgIpc) is 2.79. The van der Waals surface area contributed by atoms with E-state index >= 15 is 0 Å². The van der Waals surface area contributed by atoms with E-state index in [0.29, 0.717) is 0 Å². The summed E-state index contributed by atoms with van der Waals surface area (Å²) in [6, 6.07) is 6.19. The highest BCUT2D eigenvalue weighted by atomic mass is 16.1. The van der Waals surface area contributed by atoms with Crippen molar-refractivity contribution in [3.63, 3.8) is 0 Å². The first kappa shape index (κ1) is 10.4. The number of benzene rings is 1. The van der Waals surface area contributed by atoms with Crippen LogP contribution >= 0.6 is 0 Å². The number of carbonyl (C=O) groups is 1. The van der Waals surface area contributed by atoms with E-state index in [-0.39, 0.29) is 11.8 Å². The van der Waals surface area contributed by atoms with Crippen LogP contribution in [0, 0.1) is 17.8 Å². The molecule has 1 heterocycles. The maximum Gasteiger partial charge on any atom is 0.227 e. The highest BCUT2D eigenvalue weighted by Gasteiger charge is 2.47. The van der Waals surface area contributed by atoms with Gasteiger partial charge in [0, 0.05) is 23.8 Å². The lowest BCUT2D eigenvalue weighted by Gasteiger charge is -2.13. The fraction of sp³-hybridized carbons (Fsp3) is 0.533. The van der Waals surface area contributed by atoms with Gasteiger partial charge in [0.1, 0.15) is 0 Å². The van der Waals surface area contributed by atoms with Gasteiger partial charge in [-0.3, -0.25) is 4.79 Å². The monoisotopic (exact) mass is 242 g/mol. The number of anilines is 2. The van der Waals surface area contributed by atoms with Gasteiger partial charge in [-0.15, -0.1) is 0 Å². The highest BCUT2D eigenvalue weighted by molar-refractivity contribution is 5.93. The number of hydrogen-bond donors (Lipinski definition) is 2. The molecule has 3 heteroatoms. The summed E-state index contributed by atoms with van der Waals surface area (Å²) in [7, 11) is 0. The number of fused-ring (bicyclic) bond motifs is 2. The summed E-state index contributed by atoms with van der Waals surface area (Å²) in [5.41, 5.74) is 3.50. The lowest BCUT2D eigenvalue weighted by molar-refractivity contribution is -0.120. The van der Waals surface area contributed by atoms with Crippen LogP contribution in [0.2, 0.25) is 0 Å². The Kier molecular flexibility index (Phi) is 2.16. The van der Waals surface area contributed by atoms with Crippen molar-refractivity contribution in [2.75, 3.05) is 17.2 Å². The van der Waals surface area contributed by atoms with E-state index in [9.17, 15) is 4.79 Å². The second-order valence-electron chi connectivity index (χ2n) is 5.96. The summed E-state index contributed by atoms with van der Waals surface area (Å²) in [5.74, 6) is 2.23. The minimum Gasteiger partial charge on any atom is -0.384 e. The largest absolute Gasteiger partial charge is 0.384 e. The fourth-order valence-electron chi connectivity index (χ4n) is 3.56. The molecule has 1 aromatic rings. The van der Waals surface area contributed by atoms with Crippen molar-refractivity contribution in [2.45, 2.75) is 25.7 Å². The van der Waals surface area contributed by atoms with Crippen LogP contribution in [0.1, 0.15) is 24.8 Å². The van der Waals surface area contributed by atoms with Crippen molar-refractivity contribution in [2.24, 2.45) is 17.8 Å². The van der Waals surface area contributed by atoms with Crippen molar-refractivity contribution in [1.82, 2.24) is 0 Å². The Morgan fingerprint density at radius 3 is 2.89 bits per heavy atom. The second-order valence-corrected chi connectivity index (χ2v) is 5.96. The molecule has 2 fully saturated rings. The van der Waals surface area contributed by atoms with Crippen LogP contribution in [0.3, 0.4) is 0 Å². The molecule has 0 bridgehead atoms. The van der Waals surface area contributed by atoms with Gasteiger partial charge < -0.3 is 10.6 Å². The Hall–Kier alpha value is -1.51. The number of amides is 1. The fourth-order valence-corrected chi connectivity index (χ4v) is 3.56. The van der Waals surface area contributed by atoms with Crippen LogP contribution < -0.4 is 10.6 Å². The maximum absolute atomic E-state index is 12.2. The lowest BCUT2D eigenvalue weighted by atomic mass is 10.0. The molecule has 0 spiro atoms. The molecule has 2 N–H and O–H groups in total. The van der Waals surface area contributed by atoms with Crippen LogP contribution in [-0.2, 0) is 11.2 Å². The van der Waals surface area contributed by atoms with Gasteiger partial charge in [-0.1, -0.05) is 0 Å². The van der Waals surface area contributed by atoms with Gasteiger partial charge in [-0.2, -0.15) is 0 Å². The SMILES string of the molecule is O=C(Nc1ccc2c(c1)CCN2)C1CC2CC2C1. The number of nitrogens with one attached hydrogen (secondary N) is 2. The zero-order valence-electron chi connectivity index (χ0n) is 10.4. The summed E-state index contributed by atoms with van der Waals surface area (Å²) >= 11 is 0. The van der Waals surface area contributed by atoms with E-state index < -0.39 is 0 Å². The number of carbonyl (C=O) groups excluding carboxylic acids is 1. The molecule has 0 radical (unpaired) electrons. The molecule has 2 aliphatic carbocycles. The van der Waals surface area contributed by atoms with Gasteiger partial charge in [0.15, 0.2) is 0 Å². The third-order valence-electron chi connectivity index (χ3n) is 4.70. The predicted octanol–water partition coefficient (Wildman–Crippen LogP) is 2.64. The summed E-state index contributed by atoms with van der Waals surface area (Å²) in [5, 5.41) is 6.42. The van der Waals surface area contributed by atoms with Gasteiger partial charge in [0.05, 0.1) is 0 Å². The van der Waals surface area contributed by atoms with E-state index in [1.54, 1.807) is 0 Å². The van der Waals surface area contributed by atoms with Crippen molar-refractivity contribution in [3.05, 3.63) is 23.8 Å². The van der Waals surface area contributed by atoms with Crippen LogP contribution in [0.15, 0.2) is 18.2 Å². The van der Waals surface area contributed by atoms with Gasteiger partial charge in [0.2, 0.25) is 5.91 Å². The minimum absolute atomic E-state index is 0.230. The second kappa shape index (κ2) is 3.74. The Labute approximate surface area is 107 Å². The highest BCUT2D eigenvalue weighted by Crippen LogP contribution is 2.54. The first-order valence-electron chi connectivity index (χ1n) is 6.97. The molecule has 1 amide bonds. The van der Waals surface area contributed by atoms with Crippen LogP contribution in [0.4, 0.5) is 11.4 Å². The minimum atomic E-state index is 0.230. The van der Waals surface area contributed by atoms with Crippen molar-refractivity contribution in [3.8, 4) is 0 Å². The average molecular weight is 242 g/mol. The molecule has 1 aromatic carbocycles. The molecule has 94 valence electrons. The summed E-state index contributed by atoms with van der Waals surface area (Å²) < 4.78 is 0. The predicted molar refractivity (Wildman–Crippen MR) is 71.6 cm³/mol. The Morgan fingerprint density at radius 1 is 1.22 bits per heavy atom. The Balaban J connectivity index is 1.46. The molecule has 2 atom stereocenters.